The van der Waals surface area contributed by atoms with E-state index in [4.69, 9.17) is 0 Å². The molecule has 7 heteroatoms. The summed E-state index contributed by atoms with van der Waals surface area (Å²) in [4.78, 5) is 20.4. The van der Waals surface area contributed by atoms with Crippen LogP contribution in [-0.4, -0.2) is 22.1 Å². The zero-order valence-corrected chi connectivity index (χ0v) is 19.7. The smallest absolute Gasteiger partial charge is 0.271 e. The van der Waals surface area contributed by atoms with Gasteiger partial charge >= 0.3 is 0 Å². The van der Waals surface area contributed by atoms with E-state index in [0.29, 0.717) is 5.56 Å². The fourth-order valence-electron chi connectivity index (χ4n) is 3.68. The van der Waals surface area contributed by atoms with Gasteiger partial charge in [-0.15, -0.1) is 11.3 Å². The van der Waals surface area contributed by atoms with Gasteiger partial charge in [0.2, 0.25) is 0 Å². The topological polar surface area (TPSA) is 70.1 Å². The van der Waals surface area contributed by atoms with E-state index in [1.165, 1.54) is 10.3 Å². The summed E-state index contributed by atoms with van der Waals surface area (Å²) in [5, 5.41) is 5.26. The monoisotopic (exact) mass is 470 g/mol. The van der Waals surface area contributed by atoms with E-state index in [9.17, 15) is 4.79 Å². The molecular weight excluding hydrogens is 448 g/mol. The number of aromatic amines is 1. The lowest BCUT2D eigenvalue weighted by Gasteiger charge is -2.03. The van der Waals surface area contributed by atoms with Gasteiger partial charge in [0, 0.05) is 34.0 Å². The molecule has 5 aromatic rings. The van der Waals surface area contributed by atoms with Crippen molar-refractivity contribution in [3.63, 3.8) is 0 Å². The molecule has 2 aromatic heterocycles. The molecule has 0 bridgehead atoms. The van der Waals surface area contributed by atoms with Crippen LogP contribution in [0.25, 0.3) is 21.1 Å². The average molecular weight is 471 g/mol. The predicted octanol–water partition coefficient (Wildman–Crippen LogP) is 6.40. The molecule has 164 valence electrons. The second-order valence-electron chi connectivity index (χ2n) is 7.57. The fourth-order valence-corrected chi connectivity index (χ4v) is 5.70. The van der Waals surface area contributed by atoms with Crippen molar-refractivity contribution >= 4 is 56.3 Å². The Morgan fingerprint density at radius 2 is 1.97 bits per heavy atom. The second kappa shape index (κ2) is 9.60. The quantitative estimate of drug-likeness (QED) is 0.164. The molecule has 2 heterocycles. The number of benzene rings is 3. The lowest BCUT2D eigenvalue weighted by Crippen LogP contribution is -2.17. The number of rotatable bonds is 7. The lowest BCUT2D eigenvalue weighted by molar-refractivity contribution is 0.0955. The maximum atomic E-state index is 12.5. The third-order valence-corrected chi connectivity index (χ3v) is 7.69. The number of carbonyl (C=O) groups excluding carboxylic acids is 1. The van der Waals surface area contributed by atoms with Crippen LogP contribution in [0.15, 0.2) is 82.4 Å². The third-order valence-electron chi connectivity index (χ3n) is 5.44. The van der Waals surface area contributed by atoms with Crippen molar-refractivity contribution in [1.29, 1.82) is 0 Å². The molecule has 0 unspecified atom stereocenters. The first-order valence-corrected chi connectivity index (χ1v) is 12.5. The highest BCUT2D eigenvalue weighted by molar-refractivity contribution is 8.00. The largest absolute Gasteiger partial charge is 0.360 e. The highest BCUT2D eigenvalue weighted by Crippen LogP contribution is 2.31. The number of H-pyrrole nitrogens is 1. The SMILES string of the molecule is CCc1cccc2c(/C=N/NC(=O)c3ccc(CSc4nc5ccccc5s4)cc3)c[nH]c12. The van der Waals surface area contributed by atoms with Gasteiger partial charge in [0.1, 0.15) is 0 Å². The Morgan fingerprint density at radius 1 is 1.12 bits per heavy atom. The van der Waals surface area contributed by atoms with Crippen molar-refractivity contribution in [2.45, 2.75) is 23.4 Å². The summed E-state index contributed by atoms with van der Waals surface area (Å²) in [6.45, 7) is 2.13. The molecular formula is C26H22N4OS2. The predicted molar refractivity (Wildman–Crippen MR) is 138 cm³/mol. The van der Waals surface area contributed by atoms with Gasteiger partial charge in [-0.25, -0.2) is 10.4 Å². The van der Waals surface area contributed by atoms with Gasteiger partial charge in [-0.05, 0) is 41.8 Å². The second-order valence-corrected chi connectivity index (χ2v) is 9.82. The summed E-state index contributed by atoms with van der Waals surface area (Å²) in [6, 6.07) is 22.0. The van der Waals surface area contributed by atoms with E-state index in [0.717, 1.165) is 44.1 Å². The van der Waals surface area contributed by atoms with Gasteiger partial charge in [0.05, 0.1) is 16.4 Å². The van der Waals surface area contributed by atoms with Crippen LogP contribution in [0, 0.1) is 0 Å². The minimum atomic E-state index is -0.231. The number of aryl methyl sites for hydroxylation is 1. The Kier molecular flexibility index (Phi) is 6.24. The third kappa shape index (κ3) is 4.69. The van der Waals surface area contributed by atoms with E-state index in [1.807, 2.05) is 54.7 Å². The molecule has 0 atom stereocenters. The zero-order valence-electron chi connectivity index (χ0n) is 18.0. The van der Waals surface area contributed by atoms with E-state index < -0.39 is 0 Å². The molecule has 5 nitrogen and oxygen atoms in total. The molecule has 0 aliphatic carbocycles. The van der Waals surface area contributed by atoms with Crippen LogP contribution in [0.2, 0.25) is 0 Å². The summed E-state index contributed by atoms with van der Waals surface area (Å²) >= 11 is 3.41. The molecule has 0 aliphatic heterocycles. The summed E-state index contributed by atoms with van der Waals surface area (Å²) in [5.41, 5.74) is 8.71. The molecule has 0 radical (unpaired) electrons. The lowest BCUT2D eigenvalue weighted by atomic mass is 10.1. The Labute approximate surface area is 200 Å². The van der Waals surface area contributed by atoms with Crippen LogP contribution >= 0.6 is 23.1 Å². The Morgan fingerprint density at radius 3 is 2.79 bits per heavy atom. The number of hydrogen-bond acceptors (Lipinski definition) is 5. The molecule has 0 spiro atoms. The number of aromatic nitrogens is 2. The summed E-state index contributed by atoms with van der Waals surface area (Å²) < 4.78 is 2.25. The van der Waals surface area contributed by atoms with Crippen LogP contribution in [0.3, 0.4) is 0 Å². The van der Waals surface area contributed by atoms with Crippen molar-refractivity contribution in [2.75, 3.05) is 0 Å². The van der Waals surface area contributed by atoms with Gasteiger partial charge < -0.3 is 4.98 Å². The number of nitrogens with one attached hydrogen (secondary N) is 2. The molecule has 3 aromatic carbocycles. The maximum absolute atomic E-state index is 12.5. The maximum Gasteiger partial charge on any atom is 0.271 e. The Hall–Kier alpha value is -3.42. The Bertz CT molecular complexity index is 1420. The number of fused-ring (bicyclic) bond motifs is 2. The van der Waals surface area contributed by atoms with Gasteiger partial charge in [0.15, 0.2) is 4.34 Å². The van der Waals surface area contributed by atoms with Gasteiger partial charge in [-0.1, -0.05) is 61.2 Å². The number of hydrogen-bond donors (Lipinski definition) is 2. The van der Waals surface area contributed by atoms with Crippen LogP contribution in [-0.2, 0) is 12.2 Å². The molecule has 0 saturated heterocycles. The summed E-state index contributed by atoms with van der Waals surface area (Å²) in [7, 11) is 0. The number of hydrazone groups is 1. The van der Waals surface area contributed by atoms with Gasteiger partial charge in [-0.2, -0.15) is 5.10 Å². The van der Waals surface area contributed by atoms with Crippen molar-refractivity contribution in [1.82, 2.24) is 15.4 Å². The first-order valence-electron chi connectivity index (χ1n) is 10.7. The molecule has 33 heavy (non-hydrogen) atoms. The fraction of sp³-hybridized carbons (Fsp3) is 0.115. The van der Waals surface area contributed by atoms with Crippen LogP contribution in [0.5, 0.6) is 0 Å². The number of thiazole rings is 1. The normalized spacial score (nSPS) is 11.5. The first-order chi connectivity index (χ1) is 16.2. The van der Waals surface area contributed by atoms with Crippen molar-refractivity contribution in [2.24, 2.45) is 5.10 Å². The Balaban J connectivity index is 1.19. The van der Waals surface area contributed by atoms with Crippen molar-refractivity contribution < 1.29 is 4.79 Å². The van der Waals surface area contributed by atoms with E-state index in [2.05, 4.69) is 45.6 Å². The molecule has 0 aliphatic rings. The van der Waals surface area contributed by atoms with Gasteiger partial charge in [0.25, 0.3) is 5.91 Å². The molecule has 1 amide bonds. The summed E-state index contributed by atoms with van der Waals surface area (Å²) in [6.07, 6.45) is 4.55. The van der Waals surface area contributed by atoms with E-state index in [1.54, 1.807) is 29.3 Å². The summed E-state index contributed by atoms with van der Waals surface area (Å²) in [5.74, 6) is 0.575. The zero-order chi connectivity index (χ0) is 22.6. The molecule has 2 N–H and O–H groups in total. The molecule has 0 saturated carbocycles. The van der Waals surface area contributed by atoms with Crippen molar-refractivity contribution in [3.05, 3.63) is 95.2 Å². The minimum Gasteiger partial charge on any atom is -0.360 e. The average Bonchev–Trinajstić information content (AvgIpc) is 3.47. The number of carbonyl (C=O) groups is 1. The standard InChI is InChI=1S/C26H22N4OS2/c1-2-18-6-5-7-21-20(14-27-24(18)21)15-28-30-25(31)19-12-10-17(11-13-19)16-32-26-29-22-8-3-4-9-23(22)33-26/h3-15,27H,2,16H2,1H3,(H,30,31)/b28-15+. The number of para-hydroxylation sites is 2. The van der Waals surface area contributed by atoms with E-state index >= 15 is 0 Å². The van der Waals surface area contributed by atoms with Crippen molar-refractivity contribution in [3.8, 4) is 0 Å². The molecule has 5 rings (SSSR count). The number of thioether (sulfide) groups is 1. The van der Waals surface area contributed by atoms with Crippen LogP contribution in [0.1, 0.15) is 34.0 Å². The van der Waals surface area contributed by atoms with Gasteiger partial charge in [-0.3, -0.25) is 4.79 Å². The molecule has 0 fully saturated rings. The van der Waals surface area contributed by atoms with Crippen LogP contribution in [0.4, 0.5) is 0 Å². The minimum absolute atomic E-state index is 0.231. The first kappa shape index (κ1) is 21.4. The van der Waals surface area contributed by atoms with E-state index in [-0.39, 0.29) is 5.91 Å². The van der Waals surface area contributed by atoms with Crippen LogP contribution < -0.4 is 5.43 Å². The number of amides is 1. The highest BCUT2D eigenvalue weighted by atomic mass is 32.2. The number of nitrogens with zero attached hydrogens (tertiary/aromatic N) is 2. The highest BCUT2D eigenvalue weighted by Gasteiger charge is 2.08.